The van der Waals surface area contributed by atoms with Gasteiger partial charge in [-0.2, -0.15) is 0 Å². The summed E-state index contributed by atoms with van der Waals surface area (Å²) in [6, 6.07) is 2.64. The number of Topliss-reactive ketones (excluding diaryl/α,β-unsaturated/α-hetero) is 1. The minimum Gasteiger partial charge on any atom is -0.293 e. The lowest BCUT2D eigenvalue weighted by atomic mass is 9.48. The highest BCUT2D eigenvalue weighted by atomic mass is 35.5. The lowest BCUT2D eigenvalue weighted by molar-refractivity contribution is -0.0569. The van der Waals surface area contributed by atoms with Crippen molar-refractivity contribution < 1.29 is 17.6 Å². The van der Waals surface area contributed by atoms with Crippen LogP contribution in [0.4, 0.5) is 4.39 Å². The molecule has 4 saturated carbocycles. The van der Waals surface area contributed by atoms with E-state index in [1.54, 1.807) is 0 Å². The zero-order chi connectivity index (χ0) is 19.4. The first-order valence-electron chi connectivity index (χ1n) is 9.81. The van der Waals surface area contributed by atoms with Crippen LogP contribution in [-0.2, 0) is 16.3 Å². The molecule has 0 heterocycles. The van der Waals surface area contributed by atoms with Gasteiger partial charge in [-0.15, -0.1) is 0 Å². The van der Waals surface area contributed by atoms with E-state index in [1.807, 2.05) is 0 Å². The molecular weight excluding hydrogens is 387 g/mol. The van der Waals surface area contributed by atoms with Crippen molar-refractivity contribution >= 4 is 27.2 Å². The molecule has 4 aliphatic carbocycles. The number of hydrogen-bond donors (Lipinski definition) is 0. The van der Waals surface area contributed by atoms with Gasteiger partial charge >= 0.3 is 0 Å². The fourth-order valence-electron chi connectivity index (χ4n) is 6.31. The highest BCUT2D eigenvalue weighted by molar-refractivity contribution is 7.91. The Hall–Kier alpha value is -0.940. The number of carbonyl (C=O) groups is 1. The molecule has 6 heteroatoms. The maximum atomic E-state index is 14.5. The standard InChI is InChI=1S/C21H26ClFO3S/c1-27(25,26)12-20(24)17-8-18(22)16(7-19(17)23)2-3-21-9-13-4-14(10-21)6-15(5-13)11-21/h7-8,13-15H,2-6,9-12H2,1H3. The Balaban J connectivity index is 1.49. The summed E-state index contributed by atoms with van der Waals surface area (Å²) in [6.45, 7) is 0. The van der Waals surface area contributed by atoms with Gasteiger partial charge in [0.15, 0.2) is 15.6 Å². The van der Waals surface area contributed by atoms with Crippen molar-refractivity contribution in [1.82, 2.24) is 0 Å². The van der Waals surface area contributed by atoms with Gasteiger partial charge in [0, 0.05) is 11.3 Å². The predicted octanol–water partition coefficient (Wildman–Crippen LogP) is 4.86. The first kappa shape index (κ1) is 19.4. The highest BCUT2D eigenvalue weighted by Crippen LogP contribution is 2.61. The van der Waals surface area contributed by atoms with Crippen molar-refractivity contribution in [2.75, 3.05) is 12.0 Å². The normalized spacial score (nSPS) is 32.0. The summed E-state index contributed by atoms with van der Waals surface area (Å²) in [4.78, 5) is 12.1. The second-order valence-electron chi connectivity index (χ2n) is 9.33. The zero-order valence-corrected chi connectivity index (χ0v) is 17.2. The third-order valence-corrected chi connectivity index (χ3v) is 8.06. The van der Waals surface area contributed by atoms with E-state index in [1.165, 1.54) is 50.7 Å². The molecule has 0 N–H and O–H groups in total. The van der Waals surface area contributed by atoms with Gasteiger partial charge in [0.1, 0.15) is 11.6 Å². The number of rotatable bonds is 6. The van der Waals surface area contributed by atoms with E-state index in [9.17, 15) is 17.6 Å². The minimum absolute atomic E-state index is 0.232. The van der Waals surface area contributed by atoms with Gasteiger partial charge in [-0.05, 0) is 92.2 Å². The van der Waals surface area contributed by atoms with Crippen LogP contribution in [0.3, 0.4) is 0 Å². The van der Waals surface area contributed by atoms with Gasteiger partial charge in [-0.1, -0.05) is 11.6 Å². The predicted molar refractivity (Wildman–Crippen MR) is 104 cm³/mol. The fourth-order valence-corrected chi connectivity index (χ4v) is 7.20. The number of benzene rings is 1. The number of aryl methyl sites for hydroxylation is 1. The van der Waals surface area contributed by atoms with Gasteiger partial charge in [-0.3, -0.25) is 4.79 Å². The summed E-state index contributed by atoms with van der Waals surface area (Å²) >= 11 is 6.33. The minimum atomic E-state index is -3.51. The molecule has 0 atom stereocenters. The topological polar surface area (TPSA) is 51.2 Å². The molecule has 27 heavy (non-hydrogen) atoms. The van der Waals surface area contributed by atoms with E-state index in [2.05, 4.69) is 0 Å². The maximum Gasteiger partial charge on any atom is 0.180 e. The quantitative estimate of drug-likeness (QED) is 0.627. The largest absolute Gasteiger partial charge is 0.293 e. The van der Waals surface area contributed by atoms with Gasteiger partial charge in [0.2, 0.25) is 0 Å². The van der Waals surface area contributed by atoms with Crippen LogP contribution >= 0.6 is 11.6 Å². The fraction of sp³-hybridized carbons (Fsp3) is 0.667. The number of hydrogen-bond acceptors (Lipinski definition) is 3. The van der Waals surface area contributed by atoms with Crippen molar-refractivity contribution in [2.24, 2.45) is 23.2 Å². The molecule has 1 aromatic carbocycles. The Morgan fingerprint density at radius 3 is 2.22 bits per heavy atom. The van der Waals surface area contributed by atoms with E-state index in [4.69, 9.17) is 11.6 Å². The molecule has 0 spiro atoms. The summed E-state index contributed by atoms with van der Waals surface area (Å²) in [5.41, 5.74) is 0.879. The van der Waals surface area contributed by atoms with Crippen LogP contribution in [0.2, 0.25) is 5.02 Å². The zero-order valence-electron chi connectivity index (χ0n) is 15.6. The van der Waals surface area contributed by atoms with Crippen LogP contribution < -0.4 is 0 Å². The Kier molecular flexibility index (Phi) is 4.91. The molecule has 0 radical (unpaired) electrons. The monoisotopic (exact) mass is 412 g/mol. The molecule has 0 saturated heterocycles. The molecule has 4 aliphatic rings. The molecule has 4 bridgehead atoms. The van der Waals surface area contributed by atoms with Gasteiger partial charge < -0.3 is 0 Å². The summed E-state index contributed by atoms with van der Waals surface area (Å²) in [6.07, 6.45) is 10.8. The molecule has 0 unspecified atom stereocenters. The Labute approximate surface area is 165 Å². The van der Waals surface area contributed by atoms with E-state index in [0.717, 1.165) is 36.0 Å². The van der Waals surface area contributed by atoms with E-state index in [0.29, 0.717) is 16.9 Å². The molecule has 5 rings (SSSR count). The van der Waals surface area contributed by atoms with Crippen LogP contribution in [0.25, 0.3) is 0 Å². The third kappa shape index (κ3) is 4.09. The summed E-state index contributed by atoms with van der Waals surface area (Å²) in [5, 5.41) is 0.359. The SMILES string of the molecule is CS(=O)(=O)CC(=O)c1cc(Cl)c(CCC23CC4CC(CC(C4)C2)C3)cc1F. The lowest BCUT2D eigenvalue weighted by Gasteiger charge is -2.57. The molecule has 0 aromatic heterocycles. The van der Waals surface area contributed by atoms with Gasteiger partial charge in [0.25, 0.3) is 0 Å². The third-order valence-electron chi connectivity index (χ3n) is 6.92. The van der Waals surface area contributed by atoms with E-state index in [-0.39, 0.29) is 5.56 Å². The van der Waals surface area contributed by atoms with Crippen LogP contribution in [-0.4, -0.2) is 26.2 Å². The van der Waals surface area contributed by atoms with Crippen molar-refractivity contribution in [3.63, 3.8) is 0 Å². The van der Waals surface area contributed by atoms with Crippen molar-refractivity contribution in [2.45, 2.75) is 51.4 Å². The number of halogens is 2. The molecular formula is C21H26ClFO3S. The second-order valence-corrected chi connectivity index (χ2v) is 11.9. The molecule has 1 aromatic rings. The average molecular weight is 413 g/mol. The van der Waals surface area contributed by atoms with Crippen LogP contribution in [0.5, 0.6) is 0 Å². The molecule has 0 aliphatic heterocycles. The van der Waals surface area contributed by atoms with Gasteiger partial charge in [0.05, 0.1) is 5.56 Å². The molecule has 148 valence electrons. The smallest absolute Gasteiger partial charge is 0.180 e. The maximum absolute atomic E-state index is 14.5. The summed E-state index contributed by atoms with van der Waals surface area (Å²) in [5.74, 6) is 0.504. The van der Waals surface area contributed by atoms with Crippen LogP contribution in [0.1, 0.15) is 60.9 Å². The Morgan fingerprint density at radius 1 is 1.15 bits per heavy atom. The first-order valence-corrected chi connectivity index (χ1v) is 12.3. The van der Waals surface area contributed by atoms with Crippen LogP contribution in [0.15, 0.2) is 12.1 Å². The Morgan fingerprint density at radius 2 is 1.70 bits per heavy atom. The number of sulfone groups is 1. The second kappa shape index (κ2) is 6.84. The number of carbonyl (C=O) groups excluding carboxylic acids is 1. The summed E-state index contributed by atoms with van der Waals surface area (Å²) < 4.78 is 37.1. The van der Waals surface area contributed by atoms with Crippen molar-refractivity contribution in [3.8, 4) is 0 Å². The first-order chi connectivity index (χ1) is 12.6. The van der Waals surface area contributed by atoms with Gasteiger partial charge in [-0.25, -0.2) is 12.8 Å². The van der Waals surface area contributed by atoms with Crippen LogP contribution in [0, 0.1) is 29.0 Å². The molecule has 3 nitrogen and oxygen atoms in total. The number of ketones is 1. The molecule has 4 fully saturated rings. The van der Waals surface area contributed by atoms with Crippen molar-refractivity contribution in [1.29, 1.82) is 0 Å². The summed E-state index contributed by atoms with van der Waals surface area (Å²) in [7, 11) is -3.51. The molecule has 0 amide bonds. The lowest BCUT2D eigenvalue weighted by Crippen LogP contribution is -2.46. The Bertz CT molecular complexity index is 842. The van der Waals surface area contributed by atoms with E-state index >= 15 is 0 Å². The van der Waals surface area contributed by atoms with E-state index < -0.39 is 27.2 Å². The van der Waals surface area contributed by atoms with Crippen molar-refractivity contribution in [3.05, 3.63) is 34.1 Å². The average Bonchev–Trinajstić information content (AvgIpc) is 2.52. The highest BCUT2D eigenvalue weighted by Gasteiger charge is 2.50.